The maximum atomic E-state index is 11.3. The fourth-order valence-corrected chi connectivity index (χ4v) is 2.14. The first-order valence-electron chi connectivity index (χ1n) is 6.34. The Labute approximate surface area is 113 Å². The van der Waals surface area contributed by atoms with E-state index in [0.29, 0.717) is 0 Å². The van der Waals surface area contributed by atoms with Crippen LogP contribution >= 0.6 is 0 Å². The highest BCUT2D eigenvalue weighted by molar-refractivity contribution is 5.93. The van der Waals surface area contributed by atoms with Crippen LogP contribution in [0.2, 0.25) is 0 Å². The van der Waals surface area contributed by atoms with E-state index in [1.807, 2.05) is 27.7 Å². The molecule has 0 saturated carbocycles. The van der Waals surface area contributed by atoms with Crippen molar-refractivity contribution in [2.75, 3.05) is 0 Å². The summed E-state index contributed by atoms with van der Waals surface area (Å²) in [4.78, 5) is 22.5. The molecule has 0 aliphatic heterocycles. The minimum atomic E-state index is -1.09. The molecule has 0 fully saturated rings. The van der Waals surface area contributed by atoms with Gasteiger partial charge in [0.2, 0.25) is 0 Å². The molecule has 0 unspecified atom stereocenters. The van der Waals surface area contributed by atoms with E-state index in [4.69, 9.17) is 4.74 Å². The molecule has 4 nitrogen and oxygen atoms in total. The third-order valence-electron chi connectivity index (χ3n) is 2.91. The number of esters is 1. The largest absolute Gasteiger partial charge is 0.478 e. The molecule has 1 aromatic rings. The third kappa shape index (κ3) is 3.34. The van der Waals surface area contributed by atoms with E-state index in [2.05, 4.69) is 0 Å². The van der Waals surface area contributed by atoms with Gasteiger partial charge in [-0.05, 0) is 23.5 Å². The lowest BCUT2D eigenvalue weighted by atomic mass is 9.88. The second-order valence-corrected chi connectivity index (χ2v) is 5.15. The van der Waals surface area contributed by atoms with Crippen molar-refractivity contribution in [3.63, 3.8) is 0 Å². The second-order valence-electron chi connectivity index (χ2n) is 5.15. The quantitative estimate of drug-likeness (QED) is 0.667. The van der Waals surface area contributed by atoms with Gasteiger partial charge >= 0.3 is 11.9 Å². The normalized spacial score (nSPS) is 10.9. The summed E-state index contributed by atoms with van der Waals surface area (Å²) in [7, 11) is 0. The van der Waals surface area contributed by atoms with Crippen LogP contribution in [0.5, 0.6) is 5.75 Å². The summed E-state index contributed by atoms with van der Waals surface area (Å²) < 4.78 is 5.17. The Balaban J connectivity index is 3.60. The molecule has 1 rings (SSSR count). The van der Waals surface area contributed by atoms with Crippen LogP contribution < -0.4 is 4.74 Å². The fourth-order valence-electron chi connectivity index (χ4n) is 2.14. The van der Waals surface area contributed by atoms with Crippen LogP contribution in [0.15, 0.2) is 12.1 Å². The van der Waals surface area contributed by atoms with Crippen LogP contribution in [0.25, 0.3) is 0 Å². The minimum absolute atomic E-state index is 0.0308. The van der Waals surface area contributed by atoms with Gasteiger partial charge in [0.15, 0.2) is 0 Å². The van der Waals surface area contributed by atoms with Gasteiger partial charge in [0.1, 0.15) is 11.3 Å². The van der Waals surface area contributed by atoms with E-state index in [1.54, 1.807) is 6.07 Å². The number of hydrogen-bond donors (Lipinski definition) is 1. The summed E-state index contributed by atoms with van der Waals surface area (Å²) in [5.74, 6) is -1.11. The van der Waals surface area contributed by atoms with Crippen molar-refractivity contribution in [3.05, 3.63) is 28.8 Å². The van der Waals surface area contributed by atoms with Crippen molar-refractivity contribution in [2.24, 2.45) is 0 Å². The Bertz CT molecular complexity index is 501. The smallest absolute Gasteiger partial charge is 0.339 e. The van der Waals surface area contributed by atoms with Gasteiger partial charge in [-0.3, -0.25) is 4.79 Å². The molecule has 0 aliphatic carbocycles. The molecule has 0 spiro atoms. The van der Waals surface area contributed by atoms with E-state index in [-0.39, 0.29) is 23.1 Å². The Hall–Kier alpha value is -1.84. The summed E-state index contributed by atoms with van der Waals surface area (Å²) in [5.41, 5.74) is 1.84. The zero-order chi connectivity index (χ0) is 14.7. The summed E-state index contributed by atoms with van der Waals surface area (Å²) in [5, 5.41) is 9.22. The number of carboxylic acids is 1. The van der Waals surface area contributed by atoms with Gasteiger partial charge in [0.05, 0.1) is 0 Å². The topological polar surface area (TPSA) is 63.6 Å². The molecule has 0 aromatic heterocycles. The molecular weight excluding hydrogens is 244 g/mol. The van der Waals surface area contributed by atoms with Gasteiger partial charge in [-0.15, -0.1) is 0 Å². The monoisotopic (exact) mass is 264 g/mol. The number of benzene rings is 1. The van der Waals surface area contributed by atoms with Gasteiger partial charge in [-0.2, -0.15) is 0 Å². The van der Waals surface area contributed by atoms with Gasteiger partial charge in [0.25, 0.3) is 0 Å². The Morgan fingerprint density at radius 3 is 2.05 bits per heavy atom. The molecule has 0 heterocycles. The lowest BCUT2D eigenvalue weighted by Gasteiger charge is -2.21. The van der Waals surface area contributed by atoms with Gasteiger partial charge < -0.3 is 9.84 Å². The van der Waals surface area contributed by atoms with Gasteiger partial charge in [0, 0.05) is 12.5 Å². The molecule has 0 amide bonds. The molecule has 4 heteroatoms. The molecular formula is C15H20O4. The number of carbonyl (C=O) groups excluding carboxylic acids is 1. The van der Waals surface area contributed by atoms with Crippen LogP contribution in [-0.4, -0.2) is 17.0 Å². The van der Waals surface area contributed by atoms with Crippen LogP contribution in [0, 0.1) is 0 Å². The first-order valence-corrected chi connectivity index (χ1v) is 6.34. The molecule has 0 atom stereocenters. The molecule has 19 heavy (non-hydrogen) atoms. The molecule has 1 N–H and O–H groups in total. The first-order chi connectivity index (χ1) is 8.75. The molecule has 1 aromatic carbocycles. The summed E-state index contributed by atoms with van der Waals surface area (Å²) in [6.07, 6.45) is 0. The maximum absolute atomic E-state index is 11.3. The lowest BCUT2D eigenvalue weighted by Crippen LogP contribution is -2.13. The summed E-state index contributed by atoms with van der Waals surface area (Å²) in [6.45, 7) is 9.25. The first kappa shape index (κ1) is 15.2. The highest BCUT2D eigenvalue weighted by Crippen LogP contribution is 2.37. The highest BCUT2D eigenvalue weighted by atomic mass is 16.5. The predicted molar refractivity (Wildman–Crippen MR) is 72.9 cm³/mol. The number of hydrogen-bond acceptors (Lipinski definition) is 3. The molecule has 0 bridgehead atoms. The summed E-state index contributed by atoms with van der Waals surface area (Å²) in [6, 6.07) is 3.30. The van der Waals surface area contributed by atoms with Gasteiger partial charge in [-0.25, -0.2) is 4.79 Å². The number of carbonyl (C=O) groups is 2. The van der Waals surface area contributed by atoms with E-state index in [9.17, 15) is 14.7 Å². The molecule has 0 aliphatic rings. The maximum Gasteiger partial charge on any atom is 0.339 e. The van der Waals surface area contributed by atoms with Crippen molar-refractivity contribution in [3.8, 4) is 5.75 Å². The van der Waals surface area contributed by atoms with E-state index >= 15 is 0 Å². The van der Waals surface area contributed by atoms with Crippen LogP contribution in [0.1, 0.15) is 67.9 Å². The zero-order valence-electron chi connectivity index (χ0n) is 12.0. The predicted octanol–water partition coefficient (Wildman–Crippen LogP) is 3.56. The lowest BCUT2D eigenvalue weighted by molar-refractivity contribution is -0.131. The molecule has 0 saturated heterocycles. The Morgan fingerprint density at radius 1 is 1.11 bits per heavy atom. The third-order valence-corrected chi connectivity index (χ3v) is 2.91. The fraction of sp³-hybridized carbons (Fsp3) is 0.467. The highest BCUT2D eigenvalue weighted by Gasteiger charge is 2.23. The van der Waals surface area contributed by atoms with Crippen LogP contribution in [-0.2, 0) is 4.79 Å². The summed E-state index contributed by atoms with van der Waals surface area (Å²) >= 11 is 0. The number of ether oxygens (including phenoxy) is 1. The molecule has 0 radical (unpaired) electrons. The van der Waals surface area contributed by atoms with Crippen LogP contribution in [0.3, 0.4) is 0 Å². The SMILES string of the molecule is CC(=O)Oc1c(C(=O)O)ccc(C(C)C)c1C(C)C. The standard InChI is InChI=1S/C15H20O4/c1-8(2)11-6-7-12(15(17)18)14(19-10(5)16)13(11)9(3)4/h6-9H,1-5H3,(H,17,18). The molecule has 104 valence electrons. The average Bonchev–Trinajstić information content (AvgIpc) is 2.26. The van der Waals surface area contributed by atoms with E-state index < -0.39 is 11.9 Å². The van der Waals surface area contributed by atoms with Crippen LogP contribution in [0.4, 0.5) is 0 Å². The van der Waals surface area contributed by atoms with Gasteiger partial charge in [-0.1, -0.05) is 33.8 Å². The van der Waals surface area contributed by atoms with Crippen molar-refractivity contribution < 1.29 is 19.4 Å². The van der Waals surface area contributed by atoms with Crippen molar-refractivity contribution in [1.29, 1.82) is 0 Å². The zero-order valence-corrected chi connectivity index (χ0v) is 12.0. The average molecular weight is 264 g/mol. The van der Waals surface area contributed by atoms with Crippen molar-refractivity contribution in [1.82, 2.24) is 0 Å². The van der Waals surface area contributed by atoms with Crippen molar-refractivity contribution >= 4 is 11.9 Å². The minimum Gasteiger partial charge on any atom is -0.478 e. The Kier molecular flexibility index (Phi) is 4.70. The number of rotatable bonds is 4. The van der Waals surface area contributed by atoms with E-state index in [0.717, 1.165) is 11.1 Å². The Morgan fingerprint density at radius 2 is 1.68 bits per heavy atom. The number of carboxylic acid groups (broad SMARTS) is 1. The van der Waals surface area contributed by atoms with E-state index in [1.165, 1.54) is 13.0 Å². The van der Waals surface area contributed by atoms with Crippen molar-refractivity contribution in [2.45, 2.75) is 46.5 Å². The number of aromatic carboxylic acids is 1. The second kappa shape index (κ2) is 5.87.